The van der Waals surface area contributed by atoms with Crippen molar-refractivity contribution in [3.05, 3.63) is 0 Å². The summed E-state index contributed by atoms with van der Waals surface area (Å²) in [7, 11) is 2.05. The first-order chi connectivity index (χ1) is 7.81. The Labute approximate surface area is 104 Å². The number of rotatable bonds is 2. The van der Waals surface area contributed by atoms with Crippen LogP contribution in [0.4, 0.5) is 4.79 Å². The molecular formula is C12H25N3O2. The minimum Gasteiger partial charge on any atom is -0.444 e. The molecule has 0 unspecified atom stereocenters. The Morgan fingerprint density at radius 1 is 1.53 bits per heavy atom. The molecule has 1 aliphatic rings. The highest BCUT2D eigenvalue weighted by atomic mass is 16.6. The number of hydrogen-bond donors (Lipinski definition) is 2. The summed E-state index contributed by atoms with van der Waals surface area (Å²) in [6.07, 6.45) is 0.671. The summed E-state index contributed by atoms with van der Waals surface area (Å²) >= 11 is 0. The van der Waals surface area contributed by atoms with Crippen LogP contribution in [0.25, 0.3) is 0 Å². The summed E-state index contributed by atoms with van der Waals surface area (Å²) in [6.45, 7) is 8.06. The average molecular weight is 243 g/mol. The first-order valence-electron chi connectivity index (χ1n) is 6.20. The van der Waals surface area contributed by atoms with Crippen LogP contribution in [-0.2, 0) is 4.74 Å². The topological polar surface area (TPSA) is 67.6 Å². The number of nitrogens with zero attached hydrogens (tertiary/aromatic N) is 1. The first-order valence-corrected chi connectivity index (χ1v) is 6.20. The lowest BCUT2D eigenvalue weighted by Gasteiger charge is -2.36. The second kappa shape index (κ2) is 5.69. The lowest BCUT2D eigenvalue weighted by atomic mass is 9.92. The van der Waals surface area contributed by atoms with Gasteiger partial charge in [-0.2, -0.15) is 0 Å². The fourth-order valence-corrected chi connectivity index (χ4v) is 2.07. The first kappa shape index (κ1) is 14.3. The highest BCUT2D eigenvalue weighted by molar-refractivity contribution is 5.68. The van der Waals surface area contributed by atoms with Crippen molar-refractivity contribution in [2.24, 2.45) is 11.7 Å². The molecule has 3 N–H and O–H groups in total. The number of piperidine rings is 1. The zero-order chi connectivity index (χ0) is 13.1. The molecule has 17 heavy (non-hydrogen) atoms. The number of carbonyl (C=O) groups excluding carboxylic acids is 1. The van der Waals surface area contributed by atoms with E-state index in [1.807, 2.05) is 20.8 Å². The molecule has 1 saturated heterocycles. The van der Waals surface area contributed by atoms with Crippen LogP contribution in [0.3, 0.4) is 0 Å². The molecule has 0 saturated carbocycles. The third-order valence-corrected chi connectivity index (χ3v) is 2.96. The lowest BCUT2D eigenvalue weighted by molar-refractivity contribution is 0.0445. The zero-order valence-electron chi connectivity index (χ0n) is 11.3. The van der Waals surface area contributed by atoms with Gasteiger partial charge in [0.1, 0.15) is 5.60 Å². The van der Waals surface area contributed by atoms with Gasteiger partial charge in [0.2, 0.25) is 0 Å². The largest absolute Gasteiger partial charge is 0.444 e. The molecule has 0 bridgehead atoms. The fraction of sp³-hybridized carbons (Fsp3) is 0.917. The van der Waals surface area contributed by atoms with Crippen molar-refractivity contribution in [2.75, 3.05) is 26.7 Å². The molecule has 0 aromatic rings. The Balaban J connectivity index is 2.49. The summed E-state index contributed by atoms with van der Waals surface area (Å²) in [5.41, 5.74) is 5.28. The van der Waals surface area contributed by atoms with E-state index in [2.05, 4.69) is 17.3 Å². The van der Waals surface area contributed by atoms with Gasteiger partial charge >= 0.3 is 6.09 Å². The molecule has 1 fully saturated rings. The number of nitrogens with two attached hydrogens (primary N) is 1. The van der Waals surface area contributed by atoms with Gasteiger partial charge in [-0.15, -0.1) is 0 Å². The van der Waals surface area contributed by atoms with Crippen LogP contribution in [0.1, 0.15) is 27.2 Å². The van der Waals surface area contributed by atoms with Crippen LogP contribution in [0, 0.1) is 5.92 Å². The van der Waals surface area contributed by atoms with Gasteiger partial charge < -0.3 is 20.7 Å². The normalized spacial score (nSPS) is 26.6. The average Bonchev–Trinajstić information content (AvgIpc) is 2.14. The van der Waals surface area contributed by atoms with Crippen LogP contribution in [-0.4, -0.2) is 49.3 Å². The maximum atomic E-state index is 11.7. The molecule has 1 rings (SSSR count). The van der Waals surface area contributed by atoms with Crippen molar-refractivity contribution >= 4 is 6.09 Å². The molecule has 0 radical (unpaired) electrons. The van der Waals surface area contributed by atoms with Gasteiger partial charge in [-0.1, -0.05) is 0 Å². The van der Waals surface area contributed by atoms with E-state index in [9.17, 15) is 4.79 Å². The lowest BCUT2D eigenvalue weighted by Crippen LogP contribution is -2.54. The van der Waals surface area contributed by atoms with E-state index in [0.717, 1.165) is 19.5 Å². The van der Waals surface area contributed by atoms with Crippen LogP contribution in [0.2, 0.25) is 0 Å². The fourth-order valence-electron chi connectivity index (χ4n) is 2.07. The SMILES string of the molecule is CN1CC[C@H](CN)[C@H](NC(=O)OC(C)(C)C)C1. The predicted octanol–water partition coefficient (Wildman–Crippen LogP) is 0.790. The second-order valence-electron chi connectivity index (χ2n) is 5.80. The van der Waals surface area contributed by atoms with E-state index in [1.54, 1.807) is 0 Å². The number of ether oxygens (including phenoxy) is 1. The van der Waals surface area contributed by atoms with E-state index in [4.69, 9.17) is 10.5 Å². The molecular weight excluding hydrogens is 218 g/mol. The summed E-state index contributed by atoms with van der Waals surface area (Å²) in [5.74, 6) is 0.346. The van der Waals surface area contributed by atoms with Gasteiger partial charge in [0.25, 0.3) is 0 Å². The van der Waals surface area contributed by atoms with E-state index in [1.165, 1.54) is 0 Å². The van der Waals surface area contributed by atoms with E-state index in [0.29, 0.717) is 12.5 Å². The van der Waals surface area contributed by atoms with Crippen LogP contribution < -0.4 is 11.1 Å². The highest BCUT2D eigenvalue weighted by Crippen LogP contribution is 2.16. The van der Waals surface area contributed by atoms with Gasteiger partial charge in [0.05, 0.1) is 0 Å². The Bertz CT molecular complexity index is 263. The molecule has 5 heteroatoms. The molecule has 0 spiro atoms. The highest BCUT2D eigenvalue weighted by Gasteiger charge is 2.29. The van der Waals surface area contributed by atoms with Gasteiger partial charge in [-0.25, -0.2) is 4.79 Å². The number of alkyl carbamates (subject to hydrolysis) is 1. The number of amides is 1. The molecule has 0 aliphatic carbocycles. The van der Waals surface area contributed by atoms with Crippen molar-refractivity contribution in [3.63, 3.8) is 0 Å². The monoisotopic (exact) mass is 243 g/mol. The second-order valence-corrected chi connectivity index (χ2v) is 5.80. The summed E-state index contributed by atoms with van der Waals surface area (Å²) < 4.78 is 5.26. The Hall–Kier alpha value is -0.810. The summed E-state index contributed by atoms with van der Waals surface area (Å²) in [4.78, 5) is 13.9. The molecule has 100 valence electrons. The van der Waals surface area contributed by atoms with Crippen LogP contribution >= 0.6 is 0 Å². The minimum absolute atomic E-state index is 0.0913. The molecule has 0 aromatic carbocycles. The molecule has 0 aromatic heterocycles. The standard InChI is InChI=1S/C12H25N3O2/c1-12(2,3)17-11(16)14-10-8-15(4)6-5-9(10)7-13/h9-10H,5-8,13H2,1-4H3,(H,14,16)/t9-,10-/m1/s1. The molecule has 1 amide bonds. The molecule has 2 atom stereocenters. The van der Waals surface area contributed by atoms with Crippen molar-refractivity contribution in [1.29, 1.82) is 0 Å². The van der Waals surface area contributed by atoms with Gasteiger partial charge in [0.15, 0.2) is 0 Å². The Morgan fingerprint density at radius 2 is 2.18 bits per heavy atom. The Morgan fingerprint density at radius 3 is 2.71 bits per heavy atom. The molecule has 1 heterocycles. The number of likely N-dealkylation sites (N-methyl/N-ethyl adjacent to an activating group) is 1. The zero-order valence-corrected chi connectivity index (χ0v) is 11.3. The third-order valence-electron chi connectivity index (χ3n) is 2.96. The van der Waals surface area contributed by atoms with Crippen molar-refractivity contribution in [1.82, 2.24) is 10.2 Å². The van der Waals surface area contributed by atoms with Gasteiger partial charge in [-0.3, -0.25) is 0 Å². The quantitative estimate of drug-likeness (QED) is 0.752. The summed E-state index contributed by atoms with van der Waals surface area (Å²) in [6, 6.07) is 0.0913. The van der Waals surface area contributed by atoms with E-state index in [-0.39, 0.29) is 12.1 Å². The Kier molecular flexibility index (Phi) is 4.77. The van der Waals surface area contributed by atoms with Crippen molar-refractivity contribution in [2.45, 2.75) is 38.8 Å². The maximum Gasteiger partial charge on any atom is 0.407 e. The number of likely N-dealkylation sites (tertiary alicyclic amines) is 1. The number of hydrogen-bond acceptors (Lipinski definition) is 4. The number of nitrogens with one attached hydrogen (secondary N) is 1. The third kappa shape index (κ3) is 4.91. The molecule has 5 nitrogen and oxygen atoms in total. The van der Waals surface area contributed by atoms with Crippen molar-refractivity contribution < 1.29 is 9.53 Å². The molecule has 1 aliphatic heterocycles. The summed E-state index contributed by atoms with van der Waals surface area (Å²) in [5, 5.41) is 2.92. The predicted molar refractivity (Wildman–Crippen MR) is 67.8 cm³/mol. The van der Waals surface area contributed by atoms with Crippen molar-refractivity contribution in [3.8, 4) is 0 Å². The maximum absolute atomic E-state index is 11.7. The minimum atomic E-state index is -0.455. The number of carbonyl (C=O) groups is 1. The van der Waals surface area contributed by atoms with Crippen LogP contribution in [0.5, 0.6) is 0 Å². The van der Waals surface area contributed by atoms with Crippen LogP contribution in [0.15, 0.2) is 0 Å². The smallest absolute Gasteiger partial charge is 0.407 e. The van der Waals surface area contributed by atoms with Gasteiger partial charge in [0, 0.05) is 12.6 Å². The van der Waals surface area contributed by atoms with E-state index >= 15 is 0 Å². The van der Waals surface area contributed by atoms with E-state index < -0.39 is 5.60 Å². The van der Waals surface area contributed by atoms with Gasteiger partial charge in [-0.05, 0) is 53.2 Å².